The van der Waals surface area contributed by atoms with E-state index in [2.05, 4.69) is 21.2 Å². The molecule has 0 aliphatic carbocycles. The summed E-state index contributed by atoms with van der Waals surface area (Å²) in [6.45, 7) is 2.82. The molecular weight excluding hydrogens is 376 g/mol. The number of nitrogens with one attached hydrogen (secondary N) is 1. The minimum Gasteiger partial charge on any atom is -0.310 e. The van der Waals surface area contributed by atoms with E-state index < -0.39 is 0 Å². The number of rotatable bonds is 5. The number of hydrogen-bond donors (Lipinski definition) is 1. The summed E-state index contributed by atoms with van der Waals surface area (Å²) < 4.78 is 14.3. The predicted molar refractivity (Wildman–Crippen MR) is 90.7 cm³/mol. The Morgan fingerprint density at radius 2 is 1.95 bits per heavy atom. The Morgan fingerprint density at radius 1 is 1.19 bits per heavy atom. The Kier molecular flexibility index (Phi) is 6.06. The van der Waals surface area contributed by atoms with Gasteiger partial charge in [-0.1, -0.05) is 46.1 Å². The van der Waals surface area contributed by atoms with E-state index in [0.29, 0.717) is 16.5 Å². The van der Waals surface area contributed by atoms with Gasteiger partial charge in [-0.05, 0) is 60.5 Å². The molecule has 0 saturated carbocycles. The molecule has 2 rings (SSSR count). The van der Waals surface area contributed by atoms with Crippen molar-refractivity contribution in [2.24, 2.45) is 0 Å². The second-order valence-electron chi connectivity index (χ2n) is 4.75. The minimum absolute atomic E-state index is 0.0179. The first-order valence-corrected chi connectivity index (χ1v) is 8.17. The van der Waals surface area contributed by atoms with Crippen LogP contribution in [-0.2, 0) is 6.42 Å². The van der Waals surface area contributed by atoms with Crippen LogP contribution in [0.15, 0.2) is 40.9 Å². The molecule has 0 aliphatic heterocycles. The highest BCUT2D eigenvalue weighted by Crippen LogP contribution is 2.28. The van der Waals surface area contributed by atoms with E-state index >= 15 is 0 Å². The molecule has 112 valence electrons. The molecule has 21 heavy (non-hydrogen) atoms. The van der Waals surface area contributed by atoms with Gasteiger partial charge in [-0.2, -0.15) is 0 Å². The molecule has 0 aromatic heterocycles. The molecule has 2 aromatic rings. The van der Waals surface area contributed by atoms with Crippen LogP contribution in [0.2, 0.25) is 10.0 Å². The maximum absolute atomic E-state index is 13.4. The zero-order valence-electron chi connectivity index (χ0n) is 11.5. The molecule has 0 fully saturated rings. The molecule has 1 N–H and O–H groups in total. The third kappa shape index (κ3) is 4.68. The summed E-state index contributed by atoms with van der Waals surface area (Å²) in [5.74, 6) is -0.281. The van der Waals surface area contributed by atoms with Crippen molar-refractivity contribution in [3.63, 3.8) is 0 Å². The van der Waals surface area contributed by atoms with Crippen molar-refractivity contribution in [2.75, 3.05) is 6.54 Å². The first-order valence-electron chi connectivity index (χ1n) is 6.63. The predicted octanol–water partition coefficient (Wildman–Crippen LogP) is 5.79. The number of halogens is 4. The van der Waals surface area contributed by atoms with Crippen molar-refractivity contribution >= 4 is 39.1 Å². The van der Waals surface area contributed by atoms with Gasteiger partial charge in [0.05, 0.1) is 0 Å². The van der Waals surface area contributed by atoms with Crippen LogP contribution in [0.3, 0.4) is 0 Å². The third-order valence-electron chi connectivity index (χ3n) is 3.17. The molecule has 5 heteroatoms. The summed E-state index contributed by atoms with van der Waals surface area (Å²) >= 11 is 15.7. The number of hydrogen-bond acceptors (Lipinski definition) is 1. The molecule has 1 nitrogen and oxygen atoms in total. The Bertz CT molecular complexity index is 613. The molecule has 0 aliphatic rings. The van der Waals surface area contributed by atoms with Gasteiger partial charge in [0, 0.05) is 20.6 Å². The molecule has 0 heterocycles. The fraction of sp³-hybridized carbons (Fsp3) is 0.250. The van der Waals surface area contributed by atoms with Gasteiger partial charge < -0.3 is 5.32 Å². The summed E-state index contributed by atoms with van der Waals surface area (Å²) in [6, 6.07) is 10.2. The molecule has 0 spiro atoms. The van der Waals surface area contributed by atoms with Gasteiger partial charge in [0.1, 0.15) is 5.82 Å². The quantitative estimate of drug-likeness (QED) is 0.681. The van der Waals surface area contributed by atoms with Gasteiger partial charge in [0.25, 0.3) is 0 Å². The maximum Gasteiger partial charge on any atom is 0.123 e. The van der Waals surface area contributed by atoms with Crippen molar-refractivity contribution < 1.29 is 4.39 Å². The summed E-state index contributed by atoms with van der Waals surface area (Å²) in [7, 11) is 0. The first kappa shape index (κ1) is 16.8. The van der Waals surface area contributed by atoms with Crippen LogP contribution in [0.5, 0.6) is 0 Å². The summed E-state index contributed by atoms with van der Waals surface area (Å²) in [5.41, 5.74) is 1.82. The van der Waals surface area contributed by atoms with Crippen LogP contribution in [0.25, 0.3) is 0 Å². The van der Waals surface area contributed by atoms with E-state index in [1.165, 1.54) is 12.1 Å². The highest BCUT2D eigenvalue weighted by Gasteiger charge is 2.15. The monoisotopic (exact) mass is 389 g/mol. The van der Waals surface area contributed by atoms with Crippen molar-refractivity contribution in [1.29, 1.82) is 0 Å². The smallest absolute Gasteiger partial charge is 0.123 e. The van der Waals surface area contributed by atoms with Crippen LogP contribution in [0.1, 0.15) is 24.1 Å². The van der Waals surface area contributed by atoms with Gasteiger partial charge in [-0.3, -0.25) is 0 Å². The first-order chi connectivity index (χ1) is 9.99. The number of likely N-dealkylation sites (N-methyl/N-ethyl adjacent to an activating group) is 1. The lowest BCUT2D eigenvalue weighted by Crippen LogP contribution is -2.23. The highest BCUT2D eigenvalue weighted by atomic mass is 79.9. The highest BCUT2D eigenvalue weighted by molar-refractivity contribution is 9.10. The maximum atomic E-state index is 13.4. The fourth-order valence-electron chi connectivity index (χ4n) is 2.25. The average molecular weight is 391 g/mol. The largest absolute Gasteiger partial charge is 0.310 e. The van der Waals surface area contributed by atoms with Crippen LogP contribution in [0.4, 0.5) is 4.39 Å². The van der Waals surface area contributed by atoms with Crippen molar-refractivity contribution in [3.8, 4) is 0 Å². The van der Waals surface area contributed by atoms with E-state index in [1.807, 2.05) is 25.1 Å². The van der Waals surface area contributed by atoms with Crippen LogP contribution in [-0.4, -0.2) is 6.54 Å². The second-order valence-corrected chi connectivity index (χ2v) is 6.51. The summed E-state index contributed by atoms with van der Waals surface area (Å²) in [5, 5.41) is 4.62. The standard InChI is InChI=1S/C16H15BrCl2FN/c1-2-21-16(11-5-12(17)9-13(18)6-11)8-10-7-14(20)3-4-15(10)19/h3-7,9,16,21H,2,8H2,1H3. The fourth-order valence-corrected chi connectivity index (χ4v) is 3.33. The van der Waals surface area contributed by atoms with Gasteiger partial charge in [0.15, 0.2) is 0 Å². The van der Waals surface area contributed by atoms with Crippen molar-refractivity contribution in [3.05, 3.63) is 67.9 Å². The lowest BCUT2D eigenvalue weighted by atomic mass is 9.98. The minimum atomic E-state index is -0.281. The Labute approximate surface area is 142 Å². The molecule has 2 aromatic carbocycles. The molecule has 0 amide bonds. The van der Waals surface area contributed by atoms with Gasteiger partial charge in [-0.25, -0.2) is 4.39 Å². The third-order valence-corrected chi connectivity index (χ3v) is 4.21. The van der Waals surface area contributed by atoms with E-state index in [0.717, 1.165) is 22.1 Å². The van der Waals surface area contributed by atoms with Crippen LogP contribution < -0.4 is 5.32 Å². The van der Waals surface area contributed by atoms with Crippen molar-refractivity contribution in [1.82, 2.24) is 5.32 Å². The van der Waals surface area contributed by atoms with E-state index in [4.69, 9.17) is 23.2 Å². The Hall–Kier alpha value is -0.610. The molecule has 0 radical (unpaired) electrons. The molecule has 0 bridgehead atoms. The molecule has 1 atom stereocenters. The number of benzene rings is 2. The second kappa shape index (κ2) is 7.59. The van der Waals surface area contributed by atoms with Gasteiger partial charge in [0.2, 0.25) is 0 Å². The Morgan fingerprint density at radius 3 is 2.62 bits per heavy atom. The summed E-state index contributed by atoms with van der Waals surface area (Å²) in [4.78, 5) is 0. The average Bonchev–Trinajstić information content (AvgIpc) is 2.41. The van der Waals surface area contributed by atoms with E-state index in [1.54, 1.807) is 6.07 Å². The van der Waals surface area contributed by atoms with Crippen LogP contribution in [0, 0.1) is 5.82 Å². The molecule has 0 saturated heterocycles. The van der Waals surface area contributed by atoms with E-state index in [-0.39, 0.29) is 11.9 Å². The lowest BCUT2D eigenvalue weighted by molar-refractivity contribution is 0.546. The van der Waals surface area contributed by atoms with Crippen molar-refractivity contribution in [2.45, 2.75) is 19.4 Å². The lowest BCUT2D eigenvalue weighted by Gasteiger charge is -2.20. The van der Waals surface area contributed by atoms with Gasteiger partial charge >= 0.3 is 0 Å². The molecular formula is C16H15BrCl2FN. The SMILES string of the molecule is CCNC(Cc1cc(F)ccc1Cl)c1cc(Cl)cc(Br)c1. The zero-order valence-corrected chi connectivity index (χ0v) is 14.6. The van der Waals surface area contributed by atoms with Crippen LogP contribution >= 0.6 is 39.1 Å². The van der Waals surface area contributed by atoms with E-state index in [9.17, 15) is 4.39 Å². The Balaban J connectivity index is 2.32. The normalized spacial score (nSPS) is 12.4. The van der Waals surface area contributed by atoms with Gasteiger partial charge in [-0.15, -0.1) is 0 Å². The topological polar surface area (TPSA) is 12.0 Å². The zero-order chi connectivity index (χ0) is 15.4. The summed E-state index contributed by atoms with van der Waals surface area (Å²) in [6.07, 6.45) is 0.594. The molecule has 1 unspecified atom stereocenters.